The first-order valence-electron chi connectivity index (χ1n) is 8.51. The topological polar surface area (TPSA) is 20.3 Å². The molecule has 1 aromatic rings. The molecule has 0 spiro atoms. The summed E-state index contributed by atoms with van der Waals surface area (Å²) in [6.45, 7) is 6.53. The van der Waals surface area contributed by atoms with E-state index in [1.807, 2.05) is 0 Å². The zero-order valence-electron chi connectivity index (χ0n) is 13.4. The molecule has 0 amide bonds. The molecule has 0 bridgehead atoms. The number of likely N-dealkylation sites (tertiary alicyclic amines) is 1. The van der Waals surface area contributed by atoms with Crippen LogP contribution in [0.3, 0.4) is 0 Å². The van der Waals surface area contributed by atoms with Gasteiger partial charge in [-0.2, -0.15) is 0 Å². The molecule has 1 aromatic carbocycles. The van der Waals surface area contributed by atoms with Gasteiger partial charge in [0.15, 0.2) is 5.78 Å². The van der Waals surface area contributed by atoms with Crippen molar-refractivity contribution in [2.24, 2.45) is 0 Å². The molecule has 0 N–H and O–H groups in total. The van der Waals surface area contributed by atoms with Crippen LogP contribution < -0.4 is 0 Å². The second kappa shape index (κ2) is 5.92. The van der Waals surface area contributed by atoms with E-state index >= 15 is 0 Å². The number of hydrogen-bond donors (Lipinski definition) is 0. The number of fused-ring (bicyclic) bond motifs is 1. The van der Waals surface area contributed by atoms with Crippen molar-refractivity contribution < 1.29 is 4.79 Å². The second-order valence-electron chi connectivity index (χ2n) is 6.90. The first kappa shape index (κ1) is 14.8. The van der Waals surface area contributed by atoms with Crippen molar-refractivity contribution in [3.05, 3.63) is 35.4 Å². The van der Waals surface area contributed by atoms with Crippen LogP contribution >= 0.6 is 0 Å². The minimum atomic E-state index is -0.245. The highest BCUT2D eigenvalue weighted by Crippen LogP contribution is 2.39. The number of nitrogens with zero attached hydrogens (tertiary/aromatic N) is 1. The van der Waals surface area contributed by atoms with Crippen molar-refractivity contribution in [3.8, 4) is 0 Å². The number of piperidine rings is 1. The molecule has 2 nitrogen and oxygen atoms in total. The molecule has 3 rings (SSSR count). The van der Waals surface area contributed by atoms with Crippen molar-refractivity contribution >= 4 is 5.78 Å². The summed E-state index contributed by atoms with van der Waals surface area (Å²) >= 11 is 0. The van der Waals surface area contributed by atoms with Gasteiger partial charge < -0.3 is 0 Å². The lowest BCUT2D eigenvalue weighted by atomic mass is 9.72. The first-order chi connectivity index (χ1) is 10.1. The minimum Gasteiger partial charge on any atom is -0.298 e. The SMILES string of the molecule is CCC(C)(C(=O)CC1Cc2ccccc21)N1CCCCC1. The van der Waals surface area contributed by atoms with Gasteiger partial charge in [0.05, 0.1) is 5.54 Å². The van der Waals surface area contributed by atoms with Crippen LogP contribution in [0.4, 0.5) is 0 Å². The van der Waals surface area contributed by atoms with Gasteiger partial charge in [-0.05, 0) is 62.7 Å². The molecule has 0 saturated carbocycles. The van der Waals surface area contributed by atoms with Gasteiger partial charge in [0.1, 0.15) is 0 Å². The van der Waals surface area contributed by atoms with Crippen LogP contribution in [-0.2, 0) is 11.2 Å². The average Bonchev–Trinajstić information content (AvgIpc) is 2.52. The van der Waals surface area contributed by atoms with E-state index in [9.17, 15) is 4.79 Å². The van der Waals surface area contributed by atoms with Gasteiger partial charge >= 0.3 is 0 Å². The Morgan fingerprint density at radius 3 is 2.62 bits per heavy atom. The molecular weight excluding hydrogens is 258 g/mol. The number of Topliss-reactive ketones (excluding diaryl/α,β-unsaturated/α-hetero) is 1. The maximum atomic E-state index is 13.0. The fraction of sp³-hybridized carbons (Fsp3) is 0.632. The zero-order chi connectivity index (χ0) is 14.9. The summed E-state index contributed by atoms with van der Waals surface area (Å²) in [5.41, 5.74) is 2.60. The van der Waals surface area contributed by atoms with Crippen LogP contribution in [-0.4, -0.2) is 29.3 Å². The Morgan fingerprint density at radius 2 is 1.95 bits per heavy atom. The van der Waals surface area contributed by atoms with Gasteiger partial charge in [-0.1, -0.05) is 37.6 Å². The highest BCUT2D eigenvalue weighted by molar-refractivity contribution is 5.89. The number of rotatable bonds is 5. The van der Waals surface area contributed by atoms with Gasteiger partial charge in [0.2, 0.25) is 0 Å². The van der Waals surface area contributed by atoms with Crippen LogP contribution in [0.1, 0.15) is 63.0 Å². The lowest BCUT2D eigenvalue weighted by Crippen LogP contribution is -2.54. The van der Waals surface area contributed by atoms with Crippen LogP contribution in [0, 0.1) is 0 Å². The molecule has 0 radical (unpaired) electrons. The molecule has 1 aliphatic heterocycles. The van der Waals surface area contributed by atoms with Crippen molar-refractivity contribution in [1.82, 2.24) is 4.90 Å². The monoisotopic (exact) mass is 285 g/mol. The molecule has 114 valence electrons. The zero-order valence-corrected chi connectivity index (χ0v) is 13.4. The number of carbonyl (C=O) groups excluding carboxylic acids is 1. The molecule has 2 aliphatic rings. The van der Waals surface area contributed by atoms with E-state index in [4.69, 9.17) is 0 Å². The fourth-order valence-corrected chi connectivity index (χ4v) is 3.97. The standard InChI is InChI=1S/C19H27NO/c1-3-19(2,20-11-7-4-8-12-20)18(21)14-16-13-15-9-5-6-10-17(15)16/h5-6,9-10,16H,3-4,7-8,11-14H2,1-2H3. The van der Waals surface area contributed by atoms with E-state index in [0.717, 1.165) is 32.4 Å². The molecule has 1 fully saturated rings. The smallest absolute Gasteiger partial charge is 0.153 e. The summed E-state index contributed by atoms with van der Waals surface area (Å²) in [7, 11) is 0. The van der Waals surface area contributed by atoms with E-state index in [0.29, 0.717) is 11.7 Å². The van der Waals surface area contributed by atoms with E-state index < -0.39 is 0 Å². The van der Waals surface area contributed by atoms with E-state index in [1.165, 1.54) is 30.4 Å². The van der Waals surface area contributed by atoms with Crippen LogP contribution in [0.15, 0.2) is 24.3 Å². The largest absolute Gasteiger partial charge is 0.298 e. The minimum absolute atomic E-state index is 0.245. The molecule has 2 unspecified atom stereocenters. The van der Waals surface area contributed by atoms with Gasteiger partial charge in [-0.3, -0.25) is 9.69 Å². The van der Waals surface area contributed by atoms with Crippen molar-refractivity contribution in [1.29, 1.82) is 0 Å². The normalized spacial score (nSPS) is 24.8. The Morgan fingerprint density at radius 1 is 1.24 bits per heavy atom. The lowest BCUT2D eigenvalue weighted by molar-refractivity contribution is -0.132. The quantitative estimate of drug-likeness (QED) is 0.816. The highest BCUT2D eigenvalue weighted by atomic mass is 16.1. The number of carbonyl (C=O) groups is 1. The number of benzene rings is 1. The van der Waals surface area contributed by atoms with E-state index in [1.54, 1.807) is 0 Å². The van der Waals surface area contributed by atoms with Crippen LogP contribution in [0.25, 0.3) is 0 Å². The van der Waals surface area contributed by atoms with Crippen LogP contribution in [0.2, 0.25) is 0 Å². The van der Waals surface area contributed by atoms with E-state index in [2.05, 4.69) is 43.0 Å². The summed E-state index contributed by atoms with van der Waals surface area (Å²) in [6, 6.07) is 8.58. The summed E-state index contributed by atoms with van der Waals surface area (Å²) < 4.78 is 0. The summed E-state index contributed by atoms with van der Waals surface area (Å²) in [4.78, 5) is 15.4. The molecular formula is C19H27NO. The van der Waals surface area contributed by atoms with Crippen LogP contribution in [0.5, 0.6) is 0 Å². The Kier molecular flexibility index (Phi) is 4.17. The summed E-state index contributed by atoms with van der Waals surface area (Å²) in [5, 5.41) is 0. The maximum absolute atomic E-state index is 13.0. The molecule has 21 heavy (non-hydrogen) atoms. The third-order valence-electron chi connectivity index (χ3n) is 5.74. The summed E-state index contributed by atoms with van der Waals surface area (Å²) in [5.74, 6) is 0.913. The second-order valence-corrected chi connectivity index (χ2v) is 6.90. The van der Waals surface area contributed by atoms with E-state index in [-0.39, 0.29) is 5.54 Å². The van der Waals surface area contributed by atoms with Gasteiger partial charge in [0, 0.05) is 6.42 Å². The van der Waals surface area contributed by atoms with Crippen molar-refractivity contribution in [2.75, 3.05) is 13.1 Å². The van der Waals surface area contributed by atoms with Gasteiger partial charge in [-0.15, -0.1) is 0 Å². The molecule has 0 aromatic heterocycles. The molecule has 1 saturated heterocycles. The highest BCUT2D eigenvalue weighted by Gasteiger charge is 2.40. The average molecular weight is 285 g/mol. The molecule has 2 heteroatoms. The van der Waals surface area contributed by atoms with Gasteiger partial charge in [0.25, 0.3) is 0 Å². The molecule has 1 aliphatic carbocycles. The molecule has 2 atom stereocenters. The Labute approximate surface area is 128 Å². The van der Waals surface area contributed by atoms with Crippen molar-refractivity contribution in [2.45, 2.75) is 63.8 Å². The lowest BCUT2D eigenvalue weighted by Gasteiger charge is -2.43. The number of ketones is 1. The Balaban J connectivity index is 1.69. The Hall–Kier alpha value is -1.15. The Bertz CT molecular complexity index is 518. The first-order valence-corrected chi connectivity index (χ1v) is 8.51. The summed E-state index contributed by atoms with van der Waals surface area (Å²) in [6.07, 6.45) is 6.55. The fourth-order valence-electron chi connectivity index (χ4n) is 3.97. The third-order valence-corrected chi connectivity index (χ3v) is 5.74. The van der Waals surface area contributed by atoms with Gasteiger partial charge in [-0.25, -0.2) is 0 Å². The maximum Gasteiger partial charge on any atom is 0.153 e. The number of hydrogen-bond acceptors (Lipinski definition) is 2. The molecule has 1 heterocycles. The van der Waals surface area contributed by atoms with Crippen molar-refractivity contribution in [3.63, 3.8) is 0 Å². The third kappa shape index (κ3) is 2.66. The predicted octanol–water partition coefficient (Wildman–Crippen LogP) is 3.94. The predicted molar refractivity (Wildman–Crippen MR) is 86.6 cm³/mol.